The Morgan fingerprint density at radius 1 is 1.08 bits per heavy atom. The van der Waals surface area contributed by atoms with Gasteiger partial charge in [0, 0.05) is 49.0 Å². The topological polar surface area (TPSA) is 89.8 Å². The standard InChI is InChI=1S/C17H15N5O2/c1-22-16(24)10-14(12-2-6-18-7-3-12)21-17(22)20-11-15(23)13-4-8-19-9-5-13/h2-10H,11H2,1H3,(H,20,21). The third-order valence-corrected chi connectivity index (χ3v) is 3.52. The number of hydrogen-bond acceptors (Lipinski definition) is 6. The fourth-order valence-electron chi connectivity index (χ4n) is 2.17. The second kappa shape index (κ2) is 6.82. The van der Waals surface area contributed by atoms with Crippen LogP contribution in [-0.4, -0.2) is 31.8 Å². The summed E-state index contributed by atoms with van der Waals surface area (Å²) < 4.78 is 1.37. The van der Waals surface area contributed by atoms with Crippen LogP contribution in [-0.2, 0) is 7.05 Å². The Morgan fingerprint density at radius 2 is 1.71 bits per heavy atom. The lowest BCUT2D eigenvalue weighted by molar-refractivity contribution is 0.101. The third kappa shape index (κ3) is 3.35. The van der Waals surface area contributed by atoms with Crippen LogP contribution in [0.4, 0.5) is 5.95 Å². The first kappa shape index (κ1) is 15.5. The zero-order chi connectivity index (χ0) is 16.9. The number of rotatable bonds is 5. The van der Waals surface area contributed by atoms with Crippen molar-refractivity contribution in [3.63, 3.8) is 0 Å². The Bertz CT molecular complexity index is 907. The van der Waals surface area contributed by atoms with E-state index in [9.17, 15) is 9.59 Å². The Balaban J connectivity index is 1.84. The highest BCUT2D eigenvalue weighted by Gasteiger charge is 2.10. The third-order valence-electron chi connectivity index (χ3n) is 3.52. The summed E-state index contributed by atoms with van der Waals surface area (Å²) >= 11 is 0. The van der Waals surface area contributed by atoms with Crippen LogP contribution in [0.1, 0.15) is 10.4 Å². The lowest BCUT2D eigenvalue weighted by atomic mass is 10.2. The predicted octanol–water partition coefficient (Wildman–Crippen LogP) is 1.53. The van der Waals surface area contributed by atoms with Crippen molar-refractivity contribution in [3.8, 4) is 11.3 Å². The van der Waals surface area contributed by atoms with Gasteiger partial charge in [0.05, 0.1) is 12.2 Å². The number of aromatic nitrogens is 4. The largest absolute Gasteiger partial charge is 0.348 e. The molecule has 0 saturated carbocycles. The molecule has 3 aromatic rings. The van der Waals surface area contributed by atoms with Crippen LogP contribution >= 0.6 is 0 Å². The first-order valence-electron chi connectivity index (χ1n) is 7.31. The molecule has 0 aliphatic heterocycles. The van der Waals surface area contributed by atoms with E-state index in [4.69, 9.17) is 0 Å². The van der Waals surface area contributed by atoms with Crippen LogP contribution < -0.4 is 10.9 Å². The van der Waals surface area contributed by atoms with Gasteiger partial charge >= 0.3 is 0 Å². The fraction of sp³-hybridized carbons (Fsp3) is 0.118. The molecule has 120 valence electrons. The van der Waals surface area contributed by atoms with Crippen molar-refractivity contribution >= 4 is 11.7 Å². The van der Waals surface area contributed by atoms with Crippen molar-refractivity contribution in [2.45, 2.75) is 0 Å². The summed E-state index contributed by atoms with van der Waals surface area (Å²) in [6.07, 6.45) is 6.39. The van der Waals surface area contributed by atoms with Gasteiger partial charge in [-0.2, -0.15) is 0 Å². The van der Waals surface area contributed by atoms with Crippen molar-refractivity contribution < 1.29 is 4.79 Å². The number of hydrogen-bond donors (Lipinski definition) is 1. The van der Waals surface area contributed by atoms with Gasteiger partial charge in [-0.25, -0.2) is 4.98 Å². The molecule has 0 unspecified atom stereocenters. The monoisotopic (exact) mass is 321 g/mol. The van der Waals surface area contributed by atoms with Gasteiger partial charge in [-0.05, 0) is 24.3 Å². The summed E-state index contributed by atoms with van der Waals surface area (Å²) in [6.45, 7) is 0.0318. The lowest BCUT2D eigenvalue weighted by Crippen LogP contribution is -2.24. The van der Waals surface area contributed by atoms with E-state index in [0.29, 0.717) is 17.2 Å². The Morgan fingerprint density at radius 3 is 2.38 bits per heavy atom. The molecule has 1 N–H and O–H groups in total. The zero-order valence-corrected chi connectivity index (χ0v) is 13.0. The minimum absolute atomic E-state index is 0.0318. The SMILES string of the molecule is Cn1c(NCC(=O)c2ccncc2)nc(-c2ccncc2)cc1=O. The fourth-order valence-corrected chi connectivity index (χ4v) is 2.17. The second-order valence-electron chi connectivity index (χ2n) is 5.11. The minimum atomic E-state index is -0.212. The molecule has 0 atom stereocenters. The van der Waals surface area contributed by atoms with Crippen molar-refractivity contribution in [2.75, 3.05) is 11.9 Å². The normalized spacial score (nSPS) is 10.4. The minimum Gasteiger partial charge on any atom is -0.348 e. The van der Waals surface area contributed by atoms with E-state index in [1.165, 1.54) is 10.6 Å². The van der Waals surface area contributed by atoms with E-state index in [-0.39, 0.29) is 17.9 Å². The summed E-state index contributed by atoms with van der Waals surface area (Å²) in [4.78, 5) is 36.5. The molecule has 0 aliphatic rings. The number of nitrogens with one attached hydrogen (secondary N) is 1. The number of Topliss-reactive ketones (excluding diaryl/α,β-unsaturated/α-hetero) is 1. The molecule has 0 saturated heterocycles. The molecule has 7 nitrogen and oxygen atoms in total. The van der Waals surface area contributed by atoms with Crippen molar-refractivity contribution in [1.82, 2.24) is 19.5 Å². The molecule has 0 fully saturated rings. The molecule has 0 amide bonds. The average Bonchev–Trinajstić information content (AvgIpc) is 2.64. The molecule has 0 aliphatic carbocycles. The van der Waals surface area contributed by atoms with Crippen molar-refractivity contribution in [1.29, 1.82) is 0 Å². The Kier molecular flexibility index (Phi) is 4.42. The van der Waals surface area contributed by atoms with Gasteiger partial charge in [0.1, 0.15) is 0 Å². The number of anilines is 1. The van der Waals surface area contributed by atoms with Crippen LogP contribution in [0.3, 0.4) is 0 Å². The summed E-state index contributed by atoms with van der Waals surface area (Å²) in [5.74, 6) is 0.220. The van der Waals surface area contributed by atoms with Crippen LogP contribution in [0.5, 0.6) is 0 Å². The molecular formula is C17H15N5O2. The van der Waals surface area contributed by atoms with E-state index in [1.807, 2.05) is 0 Å². The maximum Gasteiger partial charge on any atom is 0.255 e. The molecule has 24 heavy (non-hydrogen) atoms. The molecule has 0 spiro atoms. The zero-order valence-electron chi connectivity index (χ0n) is 13.0. The maximum atomic E-state index is 12.2. The molecular weight excluding hydrogens is 306 g/mol. The van der Waals surface area contributed by atoms with E-state index in [1.54, 1.807) is 56.1 Å². The van der Waals surface area contributed by atoms with Gasteiger partial charge in [0.15, 0.2) is 5.78 Å². The predicted molar refractivity (Wildman–Crippen MR) is 89.8 cm³/mol. The van der Waals surface area contributed by atoms with Gasteiger partial charge in [-0.1, -0.05) is 0 Å². The van der Waals surface area contributed by atoms with E-state index >= 15 is 0 Å². The molecule has 7 heteroatoms. The summed E-state index contributed by atoms with van der Waals surface area (Å²) in [5.41, 5.74) is 1.65. The van der Waals surface area contributed by atoms with Gasteiger partial charge in [0.2, 0.25) is 5.95 Å². The number of carbonyl (C=O) groups excluding carboxylic acids is 1. The molecule has 3 heterocycles. The van der Waals surface area contributed by atoms with Crippen LogP contribution in [0, 0.1) is 0 Å². The van der Waals surface area contributed by atoms with Gasteiger partial charge in [-0.3, -0.25) is 24.1 Å². The second-order valence-corrected chi connectivity index (χ2v) is 5.11. The number of pyridine rings is 2. The number of carbonyl (C=O) groups is 1. The first-order chi connectivity index (χ1) is 11.6. The van der Waals surface area contributed by atoms with E-state index in [2.05, 4.69) is 20.3 Å². The smallest absolute Gasteiger partial charge is 0.255 e. The summed E-state index contributed by atoms with van der Waals surface area (Å²) in [5, 5.41) is 2.93. The Labute approximate surface area is 138 Å². The maximum absolute atomic E-state index is 12.2. The van der Waals surface area contributed by atoms with Gasteiger partial charge in [-0.15, -0.1) is 0 Å². The number of nitrogens with zero attached hydrogens (tertiary/aromatic N) is 4. The van der Waals surface area contributed by atoms with Gasteiger partial charge < -0.3 is 5.32 Å². The van der Waals surface area contributed by atoms with Crippen molar-refractivity contribution in [3.05, 3.63) is 71.0 Å². The van der Waals surface area contributed by atoms with E-state index in [0.717, 1.165) is 5.56 Å². The highest BCUT2D eigenvalue weighted by atomic mass is 16.1. The molecule has 0 radical (unpaired) electrons. The lowest BCUT2D eigenvalue weighted by Gasteiger charge is -2.11. The quantitative estimate of drug-likeness (QED) is 0.717. The van der Waals surface area contributed by atoms with Gasteiger partial charge in [0.25, 0.3) is 5.56 Å². The first-order valence-corrected chi connectivity index (χ1v) is 7.31. The average molecular weight is 321 g/mol. The van der Waals surface area contributed by atoms with E-state index < -0.39 is 0 Å². The van der Waals surface area contributed by atoms with Crippen LogP contribution in [0.15, 0.2) is 59.9 Å². The number of ketones is 1. The molecule has 3 rings (SSSR count). The highest BCUT2D eigenvalue weighted by Crippen LogP contribution is 2.15. The summed E-state index contributed by atoms with van der Waals surface area (Å²) in [7, 11) is 1.60. The highest BCUT2D eigenvalue weighted by molar-refractivity contribution is 5.98. The molecule has 0 bridgehead atoms. The van der Waals surface area contributed by atoms with Crippen molar-refractivity contribution in [2.24, 2.45) is 7.05 Å². The molecule has 0 aromatic carbocycles. The summed E-state index contributed by atoms with van der Waals surface area (Å²) in [6, 6.07) is 8.28. The van der Waals surface area contributed by atoms with Crippen LogP contribution in [0.25, 0.3) is 11.3 Å². The van der Waals surface area contributed by atoms with Crippen LogP contribution in [0.2, 0.25) is 0 Å². The Hall–Kier alpha value is -3.35. The molecule has 3 aromatic heterocycles.